The zero-order valence-corrected chi connectivity index (χ0v) is 7.51. The van der Waals surface area contributed by atoms with Crippen molar-refractivity contribution in [2.45, 2.75) is 5.50 Å². The lowest BCUT2D eigenvalue weighted by atomic mass is 10.5. The molecule has 0 bridgehead atoms. The van der Waals surface area contributed by atoms with Gasteiger partial charge in [0.15, 0.2) is 0 Å². The first-order chi connectivity index (χ1) is 6.32. The van der Waals surface area contributed by atoms with Gasteiger partial charge in [0.2, 0.25) is 0 Å². The van der Waals surface area contributed by atoms with Crippen LogP contribution < -0.4 is 0 Å². The van der Waals surface area contributed by atoms with Gasteiger partial charge in [-0.25, -0.2) is 4.99 Å². The third-order valence-corrected chi connectivity index (χ3v) is 2.34. The molecule has 0 aliphatic carbocycles. The van der Waals surface area contributed by atoms with E-state index in [1.165, 1.54) is 0 Å². The summed E-state index contributed by atoms with van der Waals surface area (Å²) in [5, 5.41) is 8.35. The molecule has 1 heterocycles. The maximum Gasteiger partial charge on any atom is 0.323 e. The second-order valence-electron chi connectivity index (χ2n) is 2.48. The predicted octanol–water partition coefficient (Wildman–Crippen LogP) is -1.84. The molecule has 1 aliphatic rings. The van der Waals surface area contributed by atoms with Gasteiger partial charge in [-0.3, -0.25) is 19.0 Å². The first kappa shape index (κ1) is 10.6. The van der Waals surface area contributed by atoms with E-state index >= 15 is 0 Å². The SMILES string of the molecule is O=C(O)CN1C(=O)C=NC1S(=O)(=O)O. The van der Waals surface area contributed by atoms with Crippen molar-refractivity contribution >= 4 is 28.2 Å². The Morgan fingerprint density at radius 2 is 2.21 bits per heavy atom. The van der Waals surface area contributed by atoms with Crippen LogP contribution in [0.15, 0.2) is 4.99 Å². The monoisotopic (exact) mass is 222 g/mol. The lowest BCUT2D eigenvalue weighted by Crippen LogP contribution is -2.42. The number of nitrogens with zero attached hydrogens (tertiary/aromatic N) is 2. The van der Waals surface area contributed by atoms with Crippen LogP contribution in [-0.2, 0) is 19.7 Å². The number of rotatable bonds is 3. The molecule has 1 rings (SSSR count). The van der Waals surface area contributed by atoms with Gasteiger partial charge in [0.1, 0.15) is 6.54 Å². The molecule has 0 aromatic carbocycles. The minimum atomic E-state index is -4.59. The van der Waals surface area contributed by atoms with Gasteiger partial charge in [-0.2, -0.15) is 8.42 Å². The molecule has 0 saturated heterocycles. The summed E-state index contributed by atoms with van der Waals surface area (Å²) in [6, 6.07) is 0. The van der Waals surface area contributed by atoms with Crippen molar-refractivity contribution < 1.29 is 27.7 Å². The summed E-state index contributed by atoms with van der Waals surface area (Å²) < 4.78 is 29.8. The first-order valence-corrected chi connectivity index (χ1v) is 4.84. The fourth-order valence-corrected chi connectivity index (χ4v) is 1.65. The predicted molar refractivity (Wildman–Crippen MR) is 43.2 cm³/mol. The van der Waals surface area contributed by atoms with E-state index in [1.54, 1.807) is 0 Å². The Kier molecular flexibility index (Phi) is 2.53. The van der Waals surface area contributed by atoms with Crippen LogP contribution in [0.2, 0.25) is 0 Å². The van der Waals surface area contributed by atoms with E-state index in [0.717, 1.165) is 0 Å². The average Bonchev–Trinajstić information content (AvgIpc) is 2.30. The molecule has 9 heteroatoms. The van der Waals surface area contributed by atoms with Crippen molar-refractivity contribution in [3.63, 3.8) is 0 Å². The molecule has 14 heavy (non-hydrogen) atoms. The maximum atomic E-state index is 10.9. The van der Waals surface area contributed by atoms with Gasteiger partial charge in [0.05, 0.1) is 6.21 Å². The number of hydrogen-bond donors (Lipinski definition) is 2. The lowest BCUT2D eigenvalue weighted by Gasteiger charge is -2.17. The molecular formula is C5H6N2O6S. The summed E-state index contributed by atoms with van der Waals surface area (Å²) in [6.45, 7) is -0.830. The molecule has 0 aromatic heterocycles. The van der Waals surface area contributed by atoms with Crippen LogP contribution >= 0.6 is 0 Å². The van der Waals surface area contributed by atoms with Crippen LogP contribution in [0.5, 0.6) is 0 Å². The third kappa shape index (κ3) is 2.06. The van der Waals surface area contributed by atoms with E-state index in [2.05, 4.69) is 4.99 Å². The Morgan fingerprint density at radius 1 is 1.64 bits per heavy atom. The summed E-state index contributed by atoms with van der Waals surface area (Å²) in [7, 11) is -4.59. The molecule has 0 fully saturated rings. The van der Waals surface area contributed by atoms with Crippen molar-refractivity contribution in [2.24, 2.45) is 4.99 Å². The molecule has 1 atom stereocenters. The Labute approximate surface area is 78.6 Å². The molecule has 1 unspecified atom stereocenters. The van der Waals surface area contributed by atoms with Crippen molar-refractivity contribution in [1.82, 2.24) is 4.90 Å². The highest BCUT2D eigenvalue weighted by Gasteiger charge is 2.37. The molecule has 1 aliphatic heterocycles. The normalized spacial score (nSPS) is 21.6. The zero-order chi connectivity index (χ0) is 10.9. The highest BCUT2D eigenvalue weighted by Crippen LogP contribution is 2.12. The van der Waals surface area contributed by atoms with E-state index in [1.807, 2.05) is 0 Å². The number of carbonyl (C=O) groups excluding carboxylic acids is 1. The van der Waals surface area contributed by atoms with Gasteiger partial charge in [0.25, 0.3) is 11.4 Å². The van der Waals surface area contributed by atoms with E-state index in [9.17, 15) is 18.0 Å². The molecule has 1 amide bonds. The average molecular weight is 222 g/mol. The quantitative estimate of drug-likeness (QED) is 0.540. The summed E-state index contributed by atoms with van der Waals surface area (Å²) in [5.74, 6) is -2.26. The van der Waals surface area contributed by atoms with Crippen molar-refractivity contribution in [3.05, 3.63) is 0 Å². The Bertz CT molecular complexity index is 398. The first-order valence-electron chi connectivity index (χ1n) is 3.34. The van der Waals surface area contributed by atoms with Crippen molar-refractivity contribution in [1.29, 1.82) is 0 Å². The minimum absolute atomic E-state index is 0.428. The Balaban J connectivity index is 2.93. The van der Waals surface area contributed by atoms with Crippen LogP contribution in [-0.4, -0.2) is 53.1 Å². The van der Waals surface area contributed by atoms with Gasteiger partial charge >= 0.3 is 16.1 Å². The summed E-state index contributed by atoms with van der Waals surface area (Å²) in [5.41, 5.74) is -1.84. The molecule has 78 valence electrons. The van der Waals surface area contributed by atoms with Crippen molar-refractivity contribution in [3.8, 4) is 0 Å². The van der Waals surface area contributed by atoms with E-state index in [4.69, 9.17) is 9.66 Å². The van der Waals surface area contributed by atoms with Gasteiger partial charge in [-0.15, -0.1) is 0 Å². The number of carbonyl (C=O) groups is 2. The molecule has 8 nitrogen and oxygen atoms in total. The number of carboxylic acid groups (broad SMARTS) is 1. The molecule has 0 radical (unpaired) electrons. The zero-order valence-electron chi connectivity index (χ0n) is 6.69. The smallest absolute Gasteiger partial charge is 0.323 e. The Morgan fingerprint density at radius 3 is 2.64 bits per heavy atom. The topological polar surface area (TPSA) is 124 Å². The number of carboxylic acids is 1. The van der Waals surface area contributed by atoms with Gasteiger partial charge < -0.3 is 5.11 Å². The van der Waals surface area contributed by atoms with Crippen LogP contribution in [0.3, 0.4) is 0 Å². The Hall–Kier alpha value is -1.48. The summed E-state index contributed by atoms with van der Waals surface area (Å²) >= 11 is 0. The van der Waals surface area contributed by atoms with Crippen LogP contribution in [0.4, 0.5) is 0 Å². The number of amides is 1. The molecule has 0 saturated carbocycles. The lowest BCUT2D eigenvalue weighted by molar-refractivity contribution is -0.142. The molecule has 0 spiro atoms. The van der Waals surface area contributed by atoms with Crippen molar-refractivity contribution in [2.75, 3.05) is 6.54 Å². The fraction of sp³-hybridized carbons (Fsp3) is 0.400. The third-order valence-electron chi connectivity index (χ3n) is 1.43. The molecular weight excluding hydrogens is 216 g/mol. The highest BCUT2D eigenvalue weighted by molar-refractivity contribution is 7.86. The van der Waals surface area contributed by atoms with E-state index < -0.39 is 34.0 Å². The largest absolute Gasteiger partial charge is 0.480 e. The van der Waals surface area contributed by atoms with Gasteiger partial charge in [-0.05, 0) is 0 Å². The fourth-order valence-electron chi connectivity index (χ4n) is 0.930. The van der Waals surface area contributed by atoms with Gasteiger partial charge in [-0.1, -0.05) is 0 Å². The van der Waals surface area contributed by atoms with E-state index in [-0.39, 0.29) is 0 Å². The van der Waals surface area contributed by atoms with Crippen LogP contribution in [0.25, 0.3) is 0 Å². The highest BCUT2D eigenvalue weighted by atomic mass is 32.2. The van der Waals surface area contributed by atoms with Gasteiger partial charge in [0, 0.05) is 0 Å². The second-order valence-corrected chi connectivity index (χ2v) is 3.93. The molecule has 0 aromatic rings. The number of hydrogen-bond acceptors (Lipinski definition) is 5. The minimum Gasteiger partial charge on any atom is -0.480 e. The summed E-state index contributed by atoms with van der Waals surface area (Å²) in [6.07, 6.45) is 0.654. The van der Waals surface area contributed by atoms with Crippen LogP contribution in [0.1, 0.15) is 0 Å². The number of aliphatic imine (C=N–C) groups is 1. The second kappa shape index (κ2) is 3.35. The molecule has 2 N–H and O–H groups in total. The van der Waals surface area contributed by atoms with E-state index in [0.29, 0.717) is 11.1 Å². The van der Waals surface area contributed by atoms with Crippen LogP contribution in [0, 0.1) is 0 Å². The standard InChI is InChI=1S/C5H6N2O6S/c8-3-1-6-5(14(11,12)13)7(3)2-4(9)10/h1,5H,2H2,(H,9,10)(H,11,12,13). The maximum absolute atomic E-state index is 10.9. The number of aliphatic carboxylic acids is 1. The summed E-state index contributed by atoms with van der Waals surface area (Å²) in [4.78, 5) is 24.8.